The predicted molar refractivity (Wildman–Crippen MR) is 250 cm³/mol. The highest BCUT2D eigenvalue weighted by atomic mass is 16.6. The van der Waals surface area contributed by atoms with Gasteiger partial charge < -0.3 is 58.3 Å². The quantitative estimate of drug-likeness (QED) is 0.120. The number of nitrogens with zero attached hydrogens (tertiary/aromatic N) is 1. The fourth-order valence-electron chi connectivity index (χ4n) is 11.3. The van der Waals surface area contributed by atoms with Gasteiger partial charge in [0.1, 0.15) is 47.1 Å². The first kappa shape index (κ1) is 54.7. The third kappa shape index (κ3) is 9.75. The van der Waals surface area contributed by atoms with E-state index in [0.29, 0.717) is 11.3 Å². The summed E-state index contributed by atoms with van der Waals surface area (Å²) >= 11 is 0. The fourth-order valence-corrected chi connectivity index (χ4v) is 11.3. The Morgan fingerprint density at radius 2 is 1.56 bits per heavy atom. The van der Waals surface area contributed by atoms with Gasteiger partial charge in [0.15, 0.2) is 24.2 Å². The van der Waals surface area contributed by atoms with Crippen LogP contribution < -0.4 is 9.47 Å². The van der Waals surface area contributed by atoms with Gasteiger partial charge in [-0.3, -0.25) is 19.3 Å². The van der Waals surface area contributed by atoms with Crippen molar-refractivity contribution in [2.75, 3.05) is 27.4 Å². The van der Waals surface area contributed by atoms with E-state index < -0.39 is 138 Å². The number of benzene rings is 2. The third-order valence-corrected chi connectivity index (χ3v) is 14.8. The normalized spacial score (nSPS) is 32.3. The molecule has 6 rings (SSSR count). The van der Waals surface area contributed by atoms with Gasteiger partial charge in [-0.25, -0.2) is 14.4 Å². The monoisotopic (exact) mass is 995 g/mol. The third-order valence-electron chi connectivity index (χ3n) is 14.8. The lowest BCUT2D eigenvalue weighted by molar-refractivity contribution is -0.234. The molecule has 1 unspecified atom stereocenters. The first-order valence-corrected chi connectivity index (χ1v) is 23.7. The second-order valence-corrected chi connectivity index (χ2v) is 21.2. The average Bonchev–Trinajstić information content (AvgIpc) is 3.74. The average molecular weight is 996 g/mol. The SMILES string of the molecule is COc1ccc(C2O[C@@H](C(=O)O[C@H]3C[C@@]4(O)[C@@H](OC(=O)c5ccccc5)[C@@H]5[C@@](O)(COC(C)=O)[C@@H](CO)[C@H](O)[C@@]5(C)C(=O)[C@H](OC(C)=O)C(=C3C)C4(C)C)[C@@H](CC(C)C)N2C(=O)OC(C)(C)C)c(OC)c1. The highest BCUT2D eigenvalue weighted by Crippen LogP contribution is 2.64. The van der Waals surface area contributed by atoms with E-state index in [4.69, 9.17) is 37.9 Å². The molecule has 2 aromatic carbocycles. The summed E-state index contributed by atoms with van der Waals surface area (Å²) in [6, 6.07) is 11.4. The molecule has 3 aliphatic carbocycles. The van der Waals surface area contributed by atoms with E-state index in [0.717, 1.165) is 13.8 Å². The van der Waals surface area contributed by atoms with E-state index in [-0.39, 0.29) is 34.8 Å². The van der Waals surface area contributed by atoms with Crippen LogP contribution in [0.3, 0.4) is 0 Å². The molecule has 0 aromatic heterocycles. The first-order chi connectivity index (χ1) is 33.0. The van der Waals surface area contributed by atoms with Crippen molar-refractivity contribution in [1.82, 2.24) is 4.90 Å². The van der Waals surface area contributed by atoms with Crippen LogP contribution in [0.5, 0.6) is 11.5 Å². The molecule has 1 heterocycles. The minimum absolute atomic E-state index is 0.0135. The number of amides is 1. The van der Waals surface area contributed by atoms with Crippen molar-refractivity contribution in [3.8, 4) is 11.5 Å². The minimum Gasteiger partial charge on any atom is -0.497 e. The molecule has 12 atom stereocenters. The number of fused-ring (bicyclic) bond motifs is 3. The number of carbonyl (C=O) groups excluding carboxylic acids is 6. The largest absolute Gasteiger partial charge is 0.497 e. The van der Waals surface area contributed by atoms with E-state index >= 15 is 9.59 Å². The molecule has 3 fully saturated rings. The maximum atomic E-state index is 15.6. The second-order valence-electron chi connectivity index (χ2n) is 21.2. The van der Waals surface area contributed by atoms with E-state index in [2.05, 4.69) is 0 Å². The number of Topliss-reactive ketones (excluding diaryl/α,β-unsaturated/α-hetero) is 1. The molecule has 4 aliphatic rings. The van der Waals surface area contributed by atoms with E-state index in [1.807, 2.05) is 13.8 Å². The highest BCUT2D eigenvalue weighted by molar-refractivity contribution is 5.96. The van der Waals surface area contributed by atoms with Gasteiger partial charge in [-0.1, -0.05) is 45.9 Å². The molecule has 71 heavy (non-hydrogen) atoms. The Bertz CT molecular complexity index is 2410. The summed E-state index contributed by atoms with van der Waals surface area (Å²) in [5, 5.41) is 50.0. The number of rotatable bonds is 13. The van der Waals surface area contributed by atoms with Gasteiger partial charge in [-0.05, 0) is 82.4 Å². The van der Waals surface area contributed by atoms with Crippen LogP contribution in [0.25, 0.3) is 0 Å². The molecule has 1 aliphatic heterocycles. The van der Waals surface area contributed by atoms with Gasteiger partial charge in [0.25, 0.3) is 0 Å². The zero-order chi connectivity index (χ0) is 52.9. The van der Waals surface area contributed by atoms with Crippen LogP contribution in [0.4, 0.5) is 4.79 Å². The van der Waals surface area contributed by atoms with Gasteiger partial charge in [0.05, 0.1) is 44.0 Å². The van der Waals surface area contributed by atoms with Crippen LogP contribution >= 0.6 is 0 Å². The fraction of sp³-hybridized carbons (Fsp3) is 0.615. The lowest BCUT2D eigenvalue weighted by Gasteiger charge is -2.59. The number of ether oxygens (including phenoxy) is 8. The van der Waals surface area contributed by atoms with Crippen molar-refractivity contribution < 1.29 is 87.1 Å². The molecule has 2 aromatic rings. The molecule has 19 nitrogen and oxygen atoms in total. The summed E-state index contributed by atoms with van der Waals surface area (Å²) in [7, 11) is 2.89. The number of ketones is 1. The Balaban J connectivity index is 1.57. The van der Waals surface area contributed by atoms with Crippen molar-refractivity contribution in [2.45, 2.75) is 149 Å². The van der Waals surface area contributed by atoms with Crippen molar-refractivity contribution in [3.63, 3.8) is 0 Å². The van der Waals surface area contributed by atoms with E-state index in [9.17, 15) is 39.6 Å². The molecule has 2 saturated carbocycles. The molecule has 1 amide bonds. The van der Waals surface area contributed by atoms with Crippen LogP contribution in [-0.2, 0) is 47.6 Å². The number of hydrogen-bond acceptors (Lipinski definition) is 18. The zero-order valence-corrected chi connectivity index (χ0v) is 42.7. The lowest BCUT2D eigenvalue weighted by atomic mass is 9.50. The molecule has 19 heteroatoms. The van der Waals surface area contributed by atoms with Crippen LogP contribution in [0.1, 0.15) is 111 Å². The summed E-state index contributed by atoms with van der Waals surface area (Å²) in [6.07, 6.45) is -11.6. The van der Waals surface area contributed by atoms with Crippen molar-refractivity contribution >= 4 is 35.8 Å². The summed E-state index contributed by atoms with van der Waals surface area (Å²) in [5.41, 5.74) is -9.92. The molecule has 0 spiro atoms. The number of aliphatic hydroxyl groups excluding tert-OH is 2. The lowest BCUT2D eigenvalue weighted by Crippen LogP contribution is -2.71. The summed E-state index contributed by atoms with van der Waals surface area (Å²) < 4.78 is 47.6. The number of hydrogen-bond donors (Lipinski definition) is 4. The molecular weight excluding hydrogens is 927 g/mol. The van der Waals surface area contributed by atoms with Gasteiger partial charge in [0, 0.05) is 49.1 Å². The van der Waals surface area contributed by atoms with Gasteiger partial charge in [-0.15, -0.1) is 0 Å². The Kier molecular flexibility index (Phi) is 15.5. The van der Waals surface area contributed by atoms with Crippen molar-refractivity contribution in [3.05, 3.63) is 70.8 Å². The van der Waals surface area contributed by atoms with Crippen molar-refractivity contribution in [1.29, 1.82) is 0 Å². The number of aliphatic hydroxyl groups is 4. The van der Waals surface area contributed by atoms with Crippen LogP contribution in [-0.4, -0.2) is 142 Å². The minimum atomic E-state index is -2.64. The van der Waals surface area contributed by atoms with Gasteiger partial charge in [-0.2, -0.15) is 0 Å². The van der Waals surface area contributed by atoms with Crippen LogP contribution in [0, 0.1) is 28.6 Å². The topological polar surface area (TPSA) is 260 Å². The maximum Gasteiger partial charge on any atom is 0.413 e. The van der Waals surface area contributed by atoms with Gasteiger partial charge in [0.2, 0.25) is 0 Å². The van der Waals surface area contributed by atoms with E-state index in [1.165, 1.54) is 58.9 Å². The highest BCUT2D eigenvalue weighted by Gasteiger charge is 2.78. The second kappa shape index (κ2) is 20.1. The smallest absolute Gasteiger partial charge is 0.413 e. The van der Waals surface area contributed by atoms with E-state index in [1.54, 1.807) is 57.2 Å². The van der Waals surface area contributed by atoms with Crippen LogP contribution in [0.2, 0.25) is 0 Å². The summed E-state index contributed by atoms with van der Waals surface area (Å²) in [4.78, 5) is 86.5. The van der Waals surface area contributed by atoms with Gasteiger partial charge >= 0.3 is 30.0 Å². The Morgan fingerprint density at radius 3 is 2.11 bits per heavy atom. The molecule has 2 bridgehead atoms. The Labute approximate surface area is 413 Å². The predicted octanol–water partition coefficient (Wildman–Crippen LogP) is 4.78. The molecule has 0 radical (unpaired) electrons. The van der Waals surface area contributed by atoms with Crippen LogP contribution in [0.15, 0.2) is 59.7 Å². The standard InChI is InChI=1S/C52H69NO18/c1-26(2)21-34-38(69-44(53(34)47(61)71-48(6,7)8)32-20-19-31(64-12)22-35(32)65-13)46(60)68-36-23-52(63)43(70-45(59)30-17-15-14-16-18-30)40-50(11,41(57)33(24-54)51(40,62)25-66-28(4)55)42(58)39(67-29(5)56)37(27(36)3)49(52,9)10/h14-20,22,26,33-34,36,38-41,43-44,54,57,62-63H,21,23-25H2,1-13H3/t33-,34+,36-,38+,39+,40-,41-,43-,44?,50-,51+,52+/m0/s1. The number of carbonyl (C=O) groups is 6. The first-order valence-electron chi connectivity index (χ1n) is 23.7. The number of esters is 4. The summed E-state index contributed by atoms with van der Waals surface area (Å²) in [5.74, 6) is -8.02. The molecule has 1 saturated heterocycles. The Morgan fingerprint density at radius 1 is 0.915 bits per heavy atom. The Hall–Kier alpha value is -5.60. The molecule has 4 N–H and O–H groups in total. The maximum absolute atomic E-state index is 15.6. The molecular formula is C52H69NO18. The zero-order valence-electron chi connectivity index (χ0n) is 42.7. The summed E-state index contributed by atoms with van der Waals surface area (Å²) in [6.45, 7) is 14.7. The van der Waals surface area contributed by atoms with Crippen molar-refractivity contribution in [2.24, 2.45) is 28.6 Å². The number of methoxy groups -OCH3 is 2. The molecule has 390 valence electrons.